The lowest BCUT2D eigenvalue weighted by molar-refractivity contribution is 0.415. The average Bonchev–Trinajstić information content (AvgIpc) is 2.42. The molecule has 4 nitrogen and oxygen atoms in total. The monoisotopic (exact) mass is 336 g/mol. The molecule has 0 saturated carbocycles. The SMILES string of the molecule is CNCc1cc(F)c(F)c(S(=O)(=O)N2CCSC(C)C2)c1. The molecule has 118 valence electrons. The summed E-state index contributed by atoms with van der Waals surface area (Å²) in [5, 5.41) is 2.94. The van der Waals surface area contributed by atoms with Crippen molar-refractivity contribution < 1.29 is 17.2 Å². The van der Waals surface area contributed by atoms with E-state index in [-0.39, 0.29) is 11.8 Å². The van der Waals surface area contributed by atoms with Gasteiger partial charge < -0.3 is 5.32 Å². The van der Waals surface area contributed by atoms with Crippen molar-refractivity contribution in [3.8, 4) is 0 Å². The molecule has 1 N–H and O–H groups in total. The first-order valence-corrected chi connectivity index (χ1v) is 9.09. The van der Waals surface area contributed by atoms with Crippen molar-refractivity contribution in [3.63, 3.8) is 0 Å². The molecule has 1 saturated heterocycles. The van der Waals surface area contributed by atoms with Crippen molar-refractivity contribution in [1.82, 2.24) is 9.62 Å². The van der Waals surface area contributed by atoms with Gasteiger partial charge in [-0.3, -0.25) is 0 Å². The van der Waals surface area contributed by atoms with Gasteiger partial charge in [0.25, 0.3) is 0 Å². The summed E-state index contributed by atoms with van der Waals surface area (Å²) in [4.78, 5) is -0.577. The Kier molecular flexibility index (Phi) is 5.24. The molecule has 8 heteroatoms. The maximum atomic E-state index is 14.0. The van der Waals surface area contributed by atoms with Crippen LogP contribution in [0.15, 0.2) is 17.0 Å². The molecule has 1 aliphatic rings. The standard InChI is InChI=1S/C13H18F2N2O2S2/c1-9-8-17(3-4-20-9)21(18,19)12-6-10(7-16-2)5-11(14)13(12)15/h5-6,9,16H,3-4,7-8H2,1-2H3. The predicted octanol–water partition coefficient (Wildman–Crippen LogP) is 1.81. The lowest BCUT2D eigenvalue weighted by atomic mass is 10.2. The van der Waals surface area contributed by atoms with Crippen LogP contribution in [-0.4, -0.2) is 43.9 Å². The van der Waals surface area contributed by atoms with Crippen molar-refractivity contribution in [3.05, 3.63) is 29.3 Å². The van der Waals surface area contributed by atoms with Gasteiger partial charge in [0.05, 0.1) is 0 Å². The Morgan fingerprint density at radius 1 is 1.43 bits per heavy atom. The number of sulfonamides is 1. The lowest BCUT2D eigenvalue weighted by Crippen LogP contribution is -2.41. The Morgan fingerprint density at radius 2 is 2.14 bits per heavy atom. The normalized spacial score (nSPS) is 20.7. The van der Waals surface area contributed by atoms with E-state index in [1.165, 1.54) is 10.4 Å². The fourth-order valence-corrected chi connectivity index (χ4v) is 5.13. The van der Waals surface area contributed by atoms with Crippen LogP contribution in [0.25, 0.3) is 0 Å². The topological polar surface area (TPSA) is 49.4 Å². The van der Waals surface area contributed by atoms with E-state index in [1.807, 2.05) is 6.92 Å². The third-order valence-corrected chi connectivity index (χ3v) is 6.26. The zero-order chi connectivity index (χ0) is 15.6. The second-order valence-electron chi connectivity index (χ2n) is 4.96. The predicted molar refractivity (Wildman–Crippen MR) is 79.8 cm³/mol. The van der Waals surface area contributed by atoms with Crippen LogP contribution in [-0.2, 0) is 16.6 Å². The van der Waals surface area contributed by atoms with Gasteiger partial charge in [0.15, 0.2) is 11.6 Å². The molecule has 1 aromatic carbocycles. The van der Waals surface area contributed by atoms with Crippen molar-refractivity contribution in [2.24, 2.45) is 0 Å². The van der Waals surface area contributed by atoms with E-state index in [4.69, 9.17) is 0 Å². The summed E-state index contributed by atoms with van der Waals surface area (Å²) in [5.41, 5.74) is 0.398. The molecule has 2 rings (SSSR count). The van der Waals surface area contributed by atoms with Crippen LogP contribution in [0.4, 0.5) is 8.78 Å². The van der Waals surface area contributed by atoms with Gasteiger partial charge >= 0.3 is 0 Å². The minimum absolute atomic E-state index is 0.141. The smallest absolute Gasteiger partial charge is 0.246 e. The number of benzene rings is 1. The van der Waals surface area contributed by atoms with Crippen LogP contribution in [0.3, 0.4) is 0 Å². The Morgan fingerprint density at radius 3 is 2.76 bits per heavy atom. The fourth-order valence-electron chi connectivity index (χ4n) is 2.25. The number of nitrogens with one attached hydrogen (secondary N) is 1. The Labute approximate surface area is 128 Å². The first-order valence-electron chi connectivity index (χ1n) is 6.60. The molecule has 1 aromatic rings. The molecule has 1 atom stereocenters. The quantitative estimate of drug-likeness (QED) is 0.911. The molecule has 0 amide bonds. The van der Waals surface area contributed by atoms with E-state index in [0.29, 0.717) is 24.4 Å². The number of thioether (sulfide) groups is 1. The number of hydrogen-bond donors (Lipinski definition) is 1. The minimum atomic E-state index is -4.01. The Bertz CT molecular complexity index is 623. The summed E-state index contributed by atoms with van der Waals surface area (Å²) in [6.07, 6.45) is 0. The van der Waals surface area contributed by atoms with Gasteiger partial charge in [-0.05, 0) is 24.7 Å². The Hall–Kier alpha value is -0.700. The van der Waals surface area contributed by atoms with Crippen LogP contribution in [0.1, 0.15) is 12.5 Å². The molecule has 0 bridgehead atoms. The maximum absolute atomic E-state index is 14.0. The van der Waals surface area contributed by atoms with Gasteiger partial charge in [0.2, 0.25) is 10.0 Å². The highest BCUT2D eigenvalue weighted by atomic mass is 32.2. The molecule has 1 unspecified atom stereocenters. The number of nitrogens with zero attached hydrogens (tertiary/aromatic N) is 1. The zero-order valence-electron chi connectivity index (χ0n) is 11.9. The number of halogens is 2. The fraction of sp³-hybridized carbons (Fsp3) is 0.538. The molecule has 0 radical (unpaired) electrons. The highest BCUT2D eigenvalue weighted by Gasteiger charge is 2.32. The molecule has 1 aliphatic heterocycles. The van der Waals surface area contributed by atoms with Crippen molar-refractivity contribution in [1.29, 1.82) is 0 Å². The van der Waals surface area contributed by atoms with E-state index in [9.17, 15) is 17.2 Å². The molecule has 21 heavy (non-hydrogen) atoms. The highest BCUT2D eigenvalue weighted by molar-refractivity contribution is 8.00. The first kappa shape index (κ1) is 16.7. The van der Waals surface area contributed by atoms with E-state index in [2.05, 4.69) is 5.32 Å². The zero-order valence-corrected chi connectivity index (χ0v) is 13.5. The molecule has 0 aliphatic carbocycles. The summed E-state index contributed by atoms with van der Waals surface area (Å²) in [6, 6.07) is 2.22. The number of hydrogen-bond acceptors (Lipinski definition) is 4. The highest BCUT2D eigenvalue weighted by Crippen LogP contribution is 2.27. The van der Waals surface area contributed by atoms with Crippen LogP contribution < -0.4 is 5.32 Å². The second-order valence-corrected chi connectivity index (χ2v) is 8.42. The Balaban J connectivity index is 2.43. The van der Waals surface area contributed by atoms with Crippen LogP contribution in [0.2, 0.25) is 0 Å². The average molecular weight is 336 g/mol. The van der Waals surface area contributed by atoms with Gasteiger partial charge in [-0.15, -0.1) is 0 Å². The van der Waals surface area contributed by atoms with Crippen LogP contribution >= 0.6 is 11.8 Å². The third-order valence-electron chi connectivity index (χ3n) is 3.26. The van der Waals surface area contributed by atoms with E-state index in [1.54, 1.807) is 18.8 Å². The van der Waals surface area contributed by atoms with Crippen LogP contribution in [0.5, 0.6) is 0 Å². The van der Waals surface area contributed by atoms with Gasteiger partial charge in [0.1, 0.15) is 4.90 Å². The summed E-state index contributed by atoms with van der Waals surface area (Å²) >= 11 is 1.67. The molecular weight excluding hydrogens is 318 g/mol. The maximum Gasteiger partial charge on any atom is 0.246 e. The van der Waals surface area contributed by atoms with E-state index < -0.39 is 26.6 Å². The molecule has 1 heterocycles. The van der Waals surface area contributed by atoms with Gasteiger partial charge in [-0.2, -0.15) is 16.1 Å². The van der Waals surface area contributed by atoms with Gasteiger partial charge in [0, 0.05) is 30.6 Å². The van der Waals surface area contributed by atoms with Crippen LogP contribution in [0, 0.1) is 11.6 Å². The van der Waals surface area contributed by atoms with E-state index >= 15 is 0 Å². The summed E-state index contributed by atoms with van der Waals surface area (Å²) in [6.45, 7) is 2.81. The van der Waals surface area contributed by atoms with Gasteiger partial charge in [-0.1, -0.05) is 6.92 Å². The van der Waals surface area contributed by atoms with Crippen molar-refractivity contribution >= 4 is 21.8 Å². The third kappa shape index (κ3) is 3.56. The summed E-state index contributed by atoms with van der Waals surface area (Å²) in [5.74, 6) is -1.79. The first-order chi connectivity index (χ1) is 9.86. The molecule has 1 fully saturated rings. The van der Waals surface area contributed by atoms with E-state index in [0.717, 1.165) is 6.07 Å². The minimum Gasteiger partial charge on any atom is -0.316 e. The molecule has 0 aromatic heterocycles. The second kappa shape index (κ2) is 6.60. The molecule has 0 spiro atoms. The largest absolute Gasteiger partial charge is 0.316 e. The van der Waals surface area contributed by atoms with Crippen molar-refractivity contribution in [2.45, 2.75) is 23.6 Å². The summed E-state index contributed by atoms with van der Waals surface area (Å²) < 4.78 is 53.9. The lowest BCUT2D eigenvalue weighted by Gasteiger charge is -2.29. The summed E-state index contributed by atoms with van der Waals surface area (Å²) in [7, 11) is -2.36. The van der Waals surface area contributed by atoms with Gasteiger partial charge in [-0.25, -0.2) is 17.2 Å². The van der Waals surface area contributed by atoms with Crippen molar-refractivity contribution in [2.75, 3.05) is 25.9 Å². The molecular formula is C13H18F2N2O2S2. The number of rotatable bonds is 4.